The van der Waals surface area contributed by atoms with Gasteiger partial charge in [0.05, 0.1) is 32.5 Å². The lowest BCUT2D eigenvalue weighted by Crippen LogP contribution is -2.33. The number of ether oxygens (including phenoxy) is 3. The minimum Gasteiger partial charge on any atom is -0.498 e. The largest absolute Gasteiger partial charge is 0.498 e. The van der Waals surface area contributed by atoms with Crippen molar-refractivity contribution >= 4 is 0 Å². The summed E-state index contributed by atoms with van der Waals surface area (Å²) in [6.45, 7) is 7.99. The number of hydrogen-bond donors (Lipinski definition) is 0. The lowest BCUT2D eigenvalue weighted by molar-refractivity contribution is -0.0308. The molecule has 0 spiro atoms. The Morgan fingerprint density at radius 1 is 1.07 bits per heavy atom. The zero-order valence-electron chi connectivity index (χ0n) is 16.9. The van der Waals surface area contributed by atoms with Crippen LogP contribution in [0.3, 0.4) is 0 Å². The maximum absolute atomic E-state index is 14.3. The first kappa shape index (κ1) is 22.1. The van der Waals surface area contributed by atoms with Crippen LogP contribution >= 0.6 is 0 Å². The Balaban J connectivity index is 1.80. The SMILES string of the molecule is C=CC1CCC(C2CCC(OC/C(CC)=C(F)/C(F)=C(\C)OC)CC2)CO1. The predicted molar refractivity (Wildman–Crippen MR) is 104 cm³/mol. The monoisotopic (exact) mass is 384 g/mol. The van der Waals surface area contributed by atoms with E-state index in [9.17, 15) is 8.78 Å². The van der Waals surface area contributed by atoms with Gasteiger partial charge in [0.2, 0.25) is 0 Å². The van der Waals surface area contributed by atoms with Crippen LogP contribution in [0, 0.1) is 11.8 Å². The fourth-order valence-electron chi connectivity index (χ4n) is 4.01. The van der Waals surface area contributed by atoms with Crippen molar-refractivity contribution in [2.75, 3.05) is 20.3 Å². The van der Waals surface area contributed by atoms with Gasteiger partial charge >= 0.3 is 0 Å². The Bertz CT molecular complexity index is 540. The van der Waals surface area contributed by atoms with E-state index in [0.717, 1.165) is 38.7 Å². The molecule has 1 aliphatic heterocycles. The molecular weight excluding hydrogens is 350 g/mol. The van der Waals surface area contributed by atoms with Crippen molar-refractivity contribution in [3.05, 3.63) is 35.6 Å². The number of allylic oxidation sites excluding steroid dienone is 3. The standard InChI is InChI=1S/C22H34F2O3/c1-5-16(22(24)21(23)15(3)25-4)13-27-20-11-7-17(8-12-20)18-9-10-19(6-2)26-14-18/h6,17-20H,2,5,7-14H2,1,3-4H3/b21-15-,22-16-. The summed E-state index contributed by atoms with van der Waals surface area (Å²) in [5, 5.41) is 0. The van der Waals surface area contributed by atoms with E-state index in [1.165, 1.54) is 20.5 Å². The van der Waals surface area contributed by atoms with Gasteiger partial charge in [0.15, 0.2) is 11.7 Å². The Kier molecular flexibility index (Phi) is 8.97. The minimum absolute atomic E-state index is 0.0487. The molecule has 0 N–H and O–H groups in total. The lowest BCUT2D eigenvalue weighted by Gasteiger charge is -2.37. The van der Waals surface area contributed by atoms with Crippen LogP contribution < -0.4 is 0 Å². The van der Waals surface area contributed by atoms with Gasteiger partial charge in [0, 0.05) is 0 Å². The van der Waals surface area contributed by atoms with Crippen molar-refractivity contribution in [1.29, 1.82) is 0 Å². The molecule has 2 rings (SSSR count). The van der Waals surface area contributed by atoms with Crippen LogP contribution in [0.15, 0.2) is 35.6 Å². The highest BCUT2D eigenvalue weighted by molar-refractivity contribution is 5.27. The van der Waals surface area contributed by atoms with E-state index in [1.54, 1.807) is 0 Å². The average molecular weight is 385 g/mol. The zero-order chi connectivity index (χ0) is 19.8. The number of halogens is 2. The van der Waals surface area contributed by atoms with Gasteiger partial charge in [-0.3, -0.25) is 0 Å². The van der Waals surface area contributed by atoms with Crippen LogP contribution in [0.5, 0.6) is 0 Å². The molecule has 0 radical (unpaired) electrons. The van der Waals surface area contributed by atoms with Crippen molar-refractivity contribution in [2.24, 2.45) is 11.8 Å². The fourth-order valence-corrected chi connectivity index (χ4v) is 4.01. The number of rotatable bonds is 8. The molecule has 1 saturated carbocycles. The van der Waals surface area contributed by atoms with E-state index in [0.29, 0.717) is 23.8 Å². The first-order valence-corrected chi connectivity index (χ1v) is 10.1. The summed E-state index contributed by atoms with van der Waals surface area (Å²) >= 11 is 0. The Morgan fingerprint density at radius 3 is 2.26 bits per heavy atom. The second-order valence-corrected chi connectivity index (χ2v) is 7.64. The highest BCUT2D eigenvalue weighted by atomic mass is 19.2. The van der Waals surface area contributed by atoms with Gasteiger partial charge in [0.1, 0.15) is 5.76 Å². The van der Waals surface area contributed by atoms with Crippen molar-refractivity contribution < 1.29 is 23.0 Å². The van der Waals surface area contributed by atoms with Crippen molar-refractivity contribution in [3.8, 4) is 0 Å². The molecular formula is C22H34F2O3. The molecule has 154 valence electrons. The first-order valence-electron chi connectivity index (χ1n) is 10.1. The molecule has 2 fully saturated rings. The van der Waals surface area contributed by atoms with Crippen LogP contribution in [0.25, 0.3) is 0 Å². The smallest absolute Gasteiger partial charge is 0.196 e. The van der Waals surface area contributed by atoms with Gasteiger partial charge in [-0.05, 0) is 69.3 Å². The summed E-state index contributed by atoms with van der Waals surface area (Å²) in [6, 6.07) is 0. The van der Waals surface area contributed by atoms with E-state index in [2.05, 4.69) is 6.58 Å². The third kappa shape index (κ3) is 6.15. The second kappa shape index (κ2) is 11.0. The maximum Gasteiger partial charge on any atom is 0.196 e. The van der Waals surface area contributed by atoms with Crippen LogP contribution in [0.2, 0.25) is 0 Å². The molecule has 1 heterocycles. The molecule has 5 heteroatoms. The third-order valence-electron chi connectivity index (χ3n) is 6.03. The maximum atomic E-state index is 14.3. The van der Waals surface area contributed by atoms with E-state index in [-0.39, 0.29) is 24.6 Å². The highest BCUT2D eigenvalue weighted by Crippen LogP contribution is 2.36. The van der Waals surface area contributed by atoms with Gasteiger partial charge in [-0.1, -0.05) is 13.0 Å². The molecule has 1 aliphatic carbocycles. The van der Waals surface area contributed by atoms with Crippen molar-refractivity contribution in [3.63, 3.8) is 0 Å². The quantitative estimate of drug-likeness (QED) is 0.291. The molecule has 2 unspecified atom stereocenters. The van der Waals surface area contributed by atoms with Gasteiger partial charge in [0.25, 0.3) is 0 Å². The summed E-state index contributed by atoms with van der Waals surface area (Å²) in [4.78, 5) is 0. The highest BCUT2D eigenvalue weighted by Gasteiger charge is 2.31. The van der Waals surface area contributed by atoms with Crippen LogP contribution in [-0.4, -0.2) is 32.5 Å². The zero-order valence-corrected chi connectivity index (χ0v) is 16.9. The molecule has 1 saturated heterocycles. The summed E-state index contributed by atoms with van der Waals surface area (Å²) < 4.78 is 44.8. The fraction of sp³-hybridized carbons (Fsp3) is 0.727. The molecule has 27 heavy (non-hydrogen) atoms. The van der Waals surface area contributed by atoms with Crippen LogP contribution in [0.4, 0.5) is 8.78 Å². The Labute approximate surface area is 162 Å². The summed E-state index contributed by atoms with van der Waals surface area (Å²) in [5.41, 5.74) is 0.349. The average Bonchev–Trinajstić information content (AvgIpc) is 2.73. The van der Waals surface area contributed by atoms with E-state index in [1.807, 2.05) is 13.0 Å². The lowest BCUT2D eigenvalue weighted by atomic mass is 9.76. The molecule has 0 aromatic rings. The first-order chi connectivity index (χ1) is 13.0. The van der Waals surface area contributed by atoms with Gasteiger partial charge in [-0.15, -0.1) is 6.58 Å². The summed E-state index contributed by atoms with van der Waals surface area (Å²) in [7, 11) is 1.33. The normalized spacial score (nSPS) is 31.0. The van der Waals surface area contributed by atoms with Crippen molar-refractivity contribution in [2.45, 2.75) is 71.0 Å². The Morgan fingerprint density at radius 2 is 1.74 bits per heavy atom. The topological polar surface area (TPSA) is 27.7 Å². The van der Waals surface area contributed by atoms with Crippen LogP contribution in [-0.2, 0) is 14.2 Å². The van der Waals surface area contributed by atoms with Gasteiger partial charge in [-0.25, -0.2) is 8.78 Å². The molecule has 0 aromatic carbocycles. The third-order valence-corrected chi connectivity index (χ3v) is 6.03. The summed E-state index contributed by atoms with van der Waals surface area (Å²) in [5.74, 6) is -0.522. The van der Waals surface area contributed by atoms with E-state index in [4.69, 9.17) is 14.2 Å². The number of hydrogen-bond acceptors (Lipinski definition) is 3. The molecule has 0 amide bonds. The minimum atomic E-state index is -0.934. The molecule has 3 nitrogen and oxygen atoms in total. The number of methoxy groups -OCH3 is 1. The van der Waals surface area contributed by atoms with Gasteiger partial charge < -0.3 is 14.2 Å². The second-order valence-electron chi connectivity index (χ2n) is 7.64. The van der Waals surface area contributed by atoms with E-state index >= 15 is 0 Å². The summed E-state index contributed by atoms with van der Waals surface area (Å²) in [6.07, 6.45) is 9.08. The molecule has 0 aromatic heterocycles. The van der Waals surface area contributed by atoms with Crippen molar-refractivity contribution in [1.82, 2.24) is 0 Å². The molecule has 2 aliphatic rings. The molecule has 0 bridgehead atoms. The van der Waals surface area contributed by atoms with Gasteiger partial charge in [-0.2, -0.15) is 0 Å². The van der Waals surface area contributed by atoms with Crippen LogP contribution in [0.1, 0.15) is 58.8 Å². The molecule has 2 atom stereocenters. The Hall–Kier alpha value is -1.20. The van der Waals surface area contributed by atoms with E-state index < -0.39 is 11.7 Å². The predicted octanol–water partition coefficient (Wildman–Crippen LogP) is 6.02.